The maximum Gasteiger partial charge on any atom is 0.151 e. The van der Waals surface area contributed by atoms with E-state index in [9.17, 15) is 0 Å². The predicted molar refractivity (Wildman–Crippen MR) is 59.8 cm³/mol. The van der Waals surface area contributed by atoms with Gasteiger partial charge < -0.3 is 20.5 Å². The summed E-state index contributed by atoms with van der Waals surface area (Å²) in [6.07, 6.45) is 1.68. The van der Waals surface area contributed by atoms with Crippen molar-refractivity contribution in [1.82, 2.24) is 4.98 Å². The number of ether oxygens (including phenoxy) is 1. The molecule has 0 saturated carbocycles. The van der Waals surface area contributed by atoms with Crippen LogP contribution >= 0.6 is 0 Å². The summed E-state index contributed by atoms with van der Waals surface area (Å²) in [6, 6.07) is 3.58. The van der Waals surface area contributed by atoms with Gasteiger partial charge >= 0.3 is 0 Å². The van der Waals surface area contributed by atoms with Gasteiger partial charge in [0.2, 0.25) is 0 Å². The summed E-state index contributed by atoms with van der Waals surface area (Å²) in [7, 11) is 1.64. The van der Waals surface area contributed by atoms with Crippen LogP contribution in [0.5, 0.6) is 0 Å². The van der Waals surface area contributed by atoms with Gasteiger partial charge in [-0.25, -0.2) is 4.98 Å². The van der Waals surface area contributed by atoms with Crippen molar-refractivity contribution in [2.24, 2.45) is 0 Å². The van der Waals surface area contributed by atoms with Gasteiger partial charge in [-0.3, -0.25) is 0 Å². The topological polar surface area (TPSA) is 71.6 Å². The molecule has 5 heteroatoms. The molecule has 0 bridgehead atoms. The lowest BCUT2D eigenvalue weighted by Crippen LogP contribution is -2.31. The van der Waals surface area contributed by atoms with Gasteiger partial charge in [0.15, 0.2) is 5.82 Å². The van der Waals surface area contributed by atoms with E-state index in [2.05, 4.69) is 4.98 Å². The average molecular weight is 211 g/mol. The number of pyridine rings is 1. The highest BCUT2D eigenvalue weighted by Crippen LogP contribution is 2.18. The molecule has 0 aliphatic carbocycles. The Bertz CT molecular complexity index is 294. The maximum absolute atomic E-state index is 8.94. The van der Waals surface area contributed by atoms with Crippen molar-refractivity contribution >= 4 is 11.5 Å². The summed E-state index contributed by atoms with van der Waals surface area (Å²) >= 11 is 0. The first-order valence-electron chi connectivity index (χ1n) is 4.85. The number of anilines is 2. The molecule has 0 aliphatic heterocycles. The Morgan fingerprint density at radius 3 is 2.93 bits per heavy atom. The molecule has 0 fully saturated rings. The average Bonchev–Trinajstić information content (AvgIpc) is 2.25. The lowest BCUT2D eigenvalue weighted by atomic mass is 10.3. The van der Waals surface area contributed by atoms with E-state index in [0.29, 0.717) is 31.2 Å². The van der Waals surface area contributed by atoms with Crippen molar-refractivity contribution < 1.29 is 9.84 Å². The van der Waals surface area contributed by atoms with Crippen molar-refractivity contribution in [1.29, 1.82) is 0 Å². The predicted octanol–water partition coefficient (Wildman–Crippen LogP) is 0.109. The molecule has 84 valence electrons. The van der Waals surface area contributed by atoms with Crippen LogP contribution in [0.25, 0.3) is 0 Å². The second kappa shape index (κ2) is 6.21. The van der Waals surface area contributed by atoms with E-state index in [1.54, 1.807) is 25.4 Å². The fraction of sp³-hybridized carbons (Fsp3) is 0.500. The Morgan fingerprint density at radius 1 is 1.53 bits per heavy atom. The fourth-order valence-electron chi connectivity index (χ4n) is 1.32. The number of nitrogen functional groups attached to an aromatic ring is 1. The Morgan fingerprint density at radius 2 is 2.33 bits per heavy atom. The lowest BCUT2D eigenvalue weighted by molar-refractivity contribution is 0.202. The van der Waals surface area contributed by atoms with Gasteiger partial charge in [0, 0.05) is 26.4 Å². The summed E-state index contributed by atoms with van der Waals surface area (Å²) in [5, 5.41) is 8.94. The largest absolute Gasteiger partial charge is 0.396 e. The highest BCUT2D eigenvalue weighted by atomic mass is 16.5. The van der Waals surface area contributed by atoms with Gasteiger partial charge in [-0.05, 0) is 12.1 Å². The third kappa shape index (κ3) is 3.38. The zero-order chi connectivity index (χ0) is 11.1. The molecule has 0 saturated heterocycles. The number of methoxy groups -OCH3 is 1. The highest BCUT2D eigenvalue weighted by Gasteiger charge is 2.09. The number of aliphatic hydroxyl groups is 1. The molecule has 1 rings (SSSR count). The van der Waals surface area contributed by atoms with Crippen LogP contribution in [-0.4, -0.2) is 43.5 Å². The number of aliphatic hydroxyl groups excluding tert-OH is 1. The standard InChI is InChI=1S/C10H17N3O2/c1-15-8-6-13(5-7-14)10-9(11)3-2-4-12-10/h2-4,14H,5-8,11H2,1H3. The number of nitrogens with zero attached hydrogens (tertiary/aromatic N) is 2. The zero-order valence-electron chi connectivity index (χ0n) is 8.89. The molecule has 1 heterocycles. The summed E-state index contributed by atoms with van der Waals surface area (Å²) in [6.45, 7) is 1.82. The van der Waals surface area contributed by atoms with Gasteiger partial charge in [0.25, 0.3) is 0 Å². The van der Waals surface area contributed by atoms with E-state index >= 15 is 0 Å². The van der Waals surface area contributed by atoms with E-state index in [0.717, 1.165) is 0 Å². The second-order valence-corrected chi connectivity index (χ2v) is 3.12. The molecule has 0 aromatic carbocycles. The van der Waals surface area contributed by atoms with Crippen molar-refractivity contribution in [2.75, 3.05) is 44.0 Å². The summed E-state index contributed by atoms with van der Waals surface area (Å²) in [5.74, 6) is 0.698. The summed E-state index contributed by atoms with van der Waals surface area (Å²) < 4.78 is 4.99. The van der Waals surface area contributed by atoms with Crippen LogP contribution in [0.3, 0.4) is 0 Å². The molecule has 15 heavy (non-hydrogen) atoms. The third-order valence-corrected chi connectivity index (χ3v) is 2.05. The Kier molecular flexibility index (Phi) is 4.86. The molecule has 0 unspecified atom stereocenters. The first-order valence-corrected chi connectivity index (χ1v) is 4.85. The Balaban J connectivity index is 2.74. The molecular weight excluding hydrogens is 194 g/mol. The van der Waals surface area contributed by atoms with E-state index < -0.39 is 0 Å². The smallest absolute Gasteiger partial charge is 0.151 e. The monoisotopic (exact) mass is 211 g/mol. The zero-order valence-corrected chi connectivity index (χ0v) is 8.89. The van der Waals surface area contributed by atoms with Gasteiger partial charge in [-0.15, -0.1) is 0 Å². The van der Waals surface area contributed by atoms with E-state index in [1.807, 2.05) is 4.90 Å². The van der Waals surface area contributed by atoms with Crippen molar-refractivity contribution in [3.8, 4) is 0 Å². The first kappa shape index (κ1) is 11.7. The van der Waals surface area contributed by atoms with Crippen LogP contribution in [-0.2, 0) is 4.74 Å². The van der Waals surface area contributed by atoms with Crippen molar-refractivity contribution in [2.45, 2.75) is 0 Å². The minimum absolute atomic E-state index is 0.0692. The molecule has 1 aromatic rings. The molecule has 0 amide bonds. The van der Waals surface area contributed by atoms with Gasteiger partial charge in [0.05, 0.1) is 18.9 Å². The minimum Gasteiger partial charge on any atom is -0.396 e. The number of hydrogen-bond acceptors (Lipinski definition) is 5. The van der Waals surface area contributed by atoms with Crippen LogP contribution in [0.2, 0.25) is 0 Å². The van der Waals surface area contributed by atoms with E-state index in [-0.39, 0.29) is 6.61 Å². The van der Waals surface area contributed by atoms with Crippen LogP contribution in [0, 0.1) is 0 Å². The SMILES string of the molecule is COCCN(CCO)c1ncccc1N. The summed E-state index contributed by atoms with van der Waals surface area (Å²) in [4.78, 5) is 6.09. The second-order valence-electron chi connectivity index (χ2n) is 3.12. The number of hydrogen-bond donors (Lipinski definition) is 2. The molecular formula is C10H17N3O2. The Hall–Kier alpha value is -1.33. The first-order chi connectivity index (χ1) is 7.29. The maximum atomic E-state index is 8.94. The molecule has 0 atom stereocenters. The molecule has 0 aliphatic rings. The highest BCUT2D eigenvalue weighted by molar-refractivity contribution is 5.62. The molecule has 0 spiro atoms. The van der Waals surface area contributed by atoms with Crippen molar-refractivity contribution in [3.63, 3.8) is 0 Å². The lowest BCUT2D eigenvalue weighted by Gasteiger charge is -2.23. The quantitative estimate of drug-likeness (QED) is 0.698. The Labute approximate surface area is 89.5 Å². The van der Waals surface area contributed by atoms with E-state index in [4.69, 9.17) is 15.6 Å². The van der Waals surface area contributed by atoms with E-state index in [1.165, 1.54) is 0 Å². The molecule has 1 aromatic heterocycles. The van der Waals surface area contributed by atoms with Crippen LogP contribution in [0.4, 0.5) is 11.5 Å². The van der Waals surface area contributed by atoms with Gasteiger partial charge in [-0.2, -0.15) is 0 Å². The molecule has 0 radical (unpaired) electrons. The molecule has 5 nitrogen and oxygen atoms in total. The third-order valence-electron chi connectivity index (χ3n) is 2.05. The minimum atomic E-state index is 0.0692. The fourth-order valence-corrected chi connectivity index (χ4v) is 1.32. The van der Waals surface area contributed by atoms with Crippen LogP contribution < -0.4 is 10.6 Å². The summed E-state index contributed by atoms with van der Waals surface area (Å²) in [5.41, 5.74) is 6.41. The number of rotatable bonds is 6. The number of nitrogens with two attached hydrogens (primary N) is 1. The van der Waals surface area contributed by atoms with Gasteiger partial charge in [-0.1, -0.05) is 0 Å². The van der Waals surface area contributed by atoms with Gasteiger partial charge in [0.1, 0.15) is 0 Å². The van der Waals surface area contributed by atoms with Crippen LogP contribution in [0.15, 0.2) is 18.3 Å². The molecule has 3 N–H and O–H groups in total. The normalized spacial score (nSPS) is 10.3. The van der Waals surface area contributed by atoms with Crippen LogP contribution in [0.1, 0.15) is 0 Å². The van der Waals surface area contributed by atoms with Crippen molar-refractivity contribution in [3.05, 3.63) is 18.3 Å². The number of aromatic nitrogens is 1.